The van der Waals surface area contributed by atoms with E-state index in [-0.39, 0.29) is 23.3 Å². The van der Waals surface area contributed by atoms with Crippen molar-refractivity contribution in [3.05, 3.63) is 35.4 Å². The van der Waals surface area contributed by atoms with Crippen LogP contribution >= 0.6 is 11.9 Å². The molecule has 0 aromatic heterocycles. The van der Waals surface area contributed by atoms with Crippen LogP contribution in [0.4, 0.5) is 0 Å². The zero-order valence-corrected chi connectivity index (χ0v) is 16.5. The Hall–Kier alpha value is -2.26. The lowest BCUT2D eigenvalue weighted by atomic mass is 9.88. The summed E-state index contributed by atoms with van der Waals surface area (Å²) in [4.78, 5) is 30.3. The standard InChI is InChI=1S/C19H23N5O3S/c1-12(25)20-11-16-10-17(22-27-16)15-4-2-13(3-5-15)14-6-8-24(9-7-14)19-18(26)21-23-28-19/h2-5,14,16,19H,6-11H2,1H3,(H,20,25). The average molecular weight is 401 g/mol. The van der Waals surface area contributed by atoms with Crippen molar-refractivity contribution in [1.29, 1.82) is 0 Å². The lowest BCUT2D eigenvalue weighted by Crippen LogP contribution is -2.41. The number of nitrogens with zero attached hydrogens (tertiary/aromatic N) is 4. The molecule has 0 bridgehead atoms. The molecule has 0 radical (unpaired) electrons. The van der Waals surface area contributed by atoms with Crippen molar-refractivity contribution in [2.24, 2.45) is 14.8 Å². The molecule has 1 aromatic rings. The molecule has 0 saturated carbocycles. The molecule has 1 aromatic carbocycles. The highest BCUT2D eigenvalue weighted by Gasteiger charge is 2.34. The number of hydrogen-bond donors (Lipinski definition) is 1. The van der Waals surface area contributed by atoms with Gasteiger partial charge in [-0.2, -0.15) is 0 Å². The second-order valence-corrected chi connectivity index (χ2v) is 8.14. The summed E-state index contributed by atoms with van der Waals surface area (Å²) in [5, 5.41) is 10.3. The predicted octanol–water partition coefficient (Wildman–Crippen LogP) is 2.46. The fraction of sp³-hybridized carbons (Fsp3) is 0.526. The van der Waals surface area contributed by atoms with Gasteiger partial charge >= 0.3 is 0 Å². The summed E-state index contributed by atoms with van der Waals surface area (Å²) in [6, 6.07) is 8.52. The Bertz CT molecular complexity index is 802. The third-order valence-corrected chi connectivity index (χ3v) is 6.26. The molecule has 3 aliphatic rings. The van der Waals surface area contributed by atoms with Gasteiger partial charge in [-0.1, -0.05) is 29.4 Å². The Morgan fingerprint density at radius 2 is 2.04 bits per heavy atom. The van der Waals surface area contributed by atoms with Crippen molar-refractivity contribution in [2.45, 2.75) is 43.6 Å². The Kier molecular flexibility index (Phi) is 5.72. The van der Waals surface area contributed by atoms with Crippen LogP contribution < -0.4 is 5.32 Å². The summed E-state index contributed by atoms with van der Waals surface area (Å²) in [7, 11) is 0. The van der Waals surface area contributed by atoms with Crippen LogP contribution in [0.5, 0.6) is 0 Å². The Labute approximate surface area is 167 Å². The van der Waals surface area contributed by atoms with E-state index in [0.717, 1.165) is 37.2 Å². The molecule has 1 fully saturated rings. The topological polar surface area (TPSA) is 95.7 Å². The third kappa shape index (κ3) is 4.25. The van der Waals surface area contributed by atoms with Gasteiger partial charge in [-0.15, -0.1) is 9.63 Å². The van der Waals surface area contributed by atoms with Gasteiger partial charge in [0.1, 0.15) is 6.10 Å². The van der Waals surface area contributed by atoms with Crippen molar-refractivity contribution < 1.29 is 14.4 Å². The third-order valence-electron chi connectivity index (χ3n) is 5.39. The van der Waals surface area contributed by atoms with Crippen LogP contribution in [0.15, 0.2) is 39.1 Å². The second-order valence-electron chi connectivity index (χ2n) is 7.32. The van der Waals surface area contributed by atoms with Crippen molar-refractivity contribution in [3.63, 3.8) is 0 Å². The Morgan fingerprint density at radius 1 is 1.29 bits per heavy atom. The van der Waals surface area contributed by atoms with Crippen LogP contribution in [0.3, 0.4) is 0 Å². The molecule has 9 heteroatoms. The SMILES string of the molecule is CC(=O)NCC1CC(c2ccc(C3CCN(C4SN=NC4=O)CC3)cc2)=NO1. The van der Waals surface area contributed by atoms with Gasteiger partial charge in [0.05, 0.1) is 12.3 Å². The summed E-state index contributed by atoms with van der Waals surface area (Å²) in [5.74, 6) is 0.297. The van der Waals surface area contributed by atoms with Gasteiger partial charge < -0.3 is 10.2 Å². The van der Waals surface area contributed by atoms with E-state index in [1.165, 1.54) is 24.4 Å². The minimum absolute atomic E-state index is 0.0628. The monoisotopic (exact) mass is 401 g/mol. The lowest BCUT2D eigenvalue weighted by Gasteiger charge is -2.33. The molecule has 28 heavy (non-hydrogen) atoms. The first kappa shape index (κ1) is 19.1. The van der Waals surface area contributed by atoms with E-state index in [1.807, 2.05) is 0 Å². The highest BCUT2D eigenvalue weighted by atomic mass is 32.2. The smallest absolute Gasteiger partial charge is 0.294 e. The average Bonchev–Trinajstić information content (AvgIpc) is 3.36. The highest BCUT2D eigenvalue weighted by molar-refractivity contribution is 7.99. The molecule has 2 atom stereocenters. The Balaban J connectivity index is 1.30. The molecule has 8 nitrogen and oxygen atoms in total. The number of nitrogens with one attached hydrogen (secondary N) is 1. The summed E-state index contributed by atoms with van der Waals surface area (Å²) in [5.41, 5.74) is 3.29. The second kappa shape index (κ2) is 8.40. The first-order valence-corrected chi connectivity index (χ1v) is 10.4. The van der Waals surface area contributed by atoms with E-state index in [4.69, 9.17) is 4.84 Å². The molecular weight excluding hydrogens is 378 g/mol. The molecule has 1 saturated heterocycles. The van der Waals surface area contributed by atoms with Crippen LogP contribution in [0.25, 0.3) is 0 Å². The first-order chi connectivity index (χ1) is 13.6. The predicted molar refractivity (Wildman–Crippen MR) is 106 cm³/mol. The fourth-order valence-corrected chi connectivity index (χ4v) is 4.51. The van der Waals surface area contributed by atoms with Crippen molar-refractivity contribution in [3.8, 4) is 0 Å². The van der Waals surface area contributed by atoms with E-state index in [0.29, 0.717) is 18.9 Å². The summed E-state index contributed by atoms with van der Waals surface area (Å²) in [6.07, 6.45) is 2.64. The van der Waals surface area contributed by atoms with Crippen LogP contribution in [-0.2, 0) is 14.4 Å². The van der Waals surface area contributed by atoms with Gasteiger partial charge in [0.25, 0.3) is 5.91 Å². The number of carbonyl (C=O) groups is 2. The molecule has 2 amide bonds. The van der Waals surface area contributed by atoms with Gasteiger partial charge in [0, 0.05) is 38.4 Å². The fourth-order valence-electron chi connectivity index (χ4n) is 3.81. The molecule has 148 valence electrons. The quantitative estimate of drug-likeness (QED) is 0.765. The molecular formula is C19H23N5O3S. The van der Waals surface area contributed by atoms with Crippen molar-refractivity contribution in [2.75, 3.05) is 19.6 Å². The largest absolute Gasteiger partial charge is 0.390 e. The van der Waals surface area contributed by atoms with E-state index in [1.54, 1.807) is 0 Å². The van der Waals surface area contributed by atoms with Crippen molar-refractivity contribution in [1.82, 2.24) is 10.2 Å². The van der Waals surface area contributed by atoms with Gasteiger partial charge in [-0.05, 0) is 29.9 Å². The van der Waals surface area contributed by atoms with Crippen LogP contribution in [0.2, 0.25) is 0 Å². The normalized spacial score (nSPS) is 25.6. The maximum Gasteiger partial charge on any atom is 0.294 e. The first-order valence-electron chi connectivity index (χ1n) is 9.52. The minimum atomic E-state index is -0.228. The van der Waals surface area contributed by atoms with Crippen LogP contribution in [0, 0.1) is 0 Å². The van der Waals surface area contributed by atoms with Gasteiger partial charge in [-0.3, -0.25) is 14.5 Å². The van der Waals surface area contributed by atoms with Gasteiger partial charge in [0.15, 0.2) is 5.37 Å². The minimum Gasteiger partial charge on any atom is -0.390 e. The molecule has 1 N–H and O–H groups in total. The van der Waals surface area contributed by atoms with E-state index in [2.05, 4.69) is 49.3 Å². The highest BCUT2D eigenvalue weighted by Crippen LogP contribution is 2.33. The summed E-state index contributed by atoms with van der Waals surface area (Å²) < 4.78 is 3.78. The number of benzene rings is 1. The van der Waals surface area contributed by atoms with Gasteiger partial charge in [0.2, 0.25) is 5.91 Å². The number of carbonyl (C=O) groups excluding carboxylic acids is 2. The molecule has 0 spiro atoms. The van der Waals surface area contributed by atoms with E-state index >= 15 is 0 Å². The van der Waals surface area contributed by atoms with Crippen LogP contribution in [-0.4, -0.2) is 53.5 Å². The summed E-state index contributed by atoms with van der Waals surface area (Å²) in [6.45, 7) is 3.73. The molecule has 2 unspecified atom stereocenters. The zero-order valence-electron chi connectivity index (χ0n) is 15.7. The maximum absolute atomic E-state index is 11.7. The van der Waals surface area contributed by atoms with Crippen molar-refractivity contribution >= 4 is 29.5 Å². The van der Waals surface area contributed by atoms with E-state index in [9.17, 15) is 9.59 Å². The molecule has 0 aliphatic carbocycles. The number of oxime groups is 1. The molecule has 4 rings (SSSR count). The maximum atomic E-state index is 11.7. The Morgan fingerprint density at radius 3 is 2.68 bits per heavy atom. The summed E-state index contributed by atoms with van der Waals surface area (Å²) >= 11 is 1.26. The van der Waals surface area contributed by atoms with E-state index < -0.39 is 0 Å². The lowest BCUT2D eigenvalue weighted by molar-refractivity contribution is -0.120. The number of hydrogen-bond acceptors (Lipinski definition) is 7. The van der Waals surface area contributed by atoms with Gasteiger partial charge in [-0.25, -0.2) is 0 Å². The molecule has 3 aliphatic heterocycles. The number of likely N-dealkylation sites (tertiary alicyclic amines) is 1. The zero-order chi connectivity index (χ0) is 19.5. The number of amides is 2. The number of piperidine rings is 1. The van der Waals surface area contributed by atoms with Crippen LogP contribution in [0.1, 0.15) is 43.2 Å². The molecule has 3 heterocycles. The number of rotatable bonds is 5.